The quantitative estimate of drug-likeness (QED) is 0.823. The van der Waals surface area contributed by atoms with E-state index in [1.165, 1.54) is 33.8 Å². The summed E-state index contributed by atoms with van der Waals surface area (Å²) in [6.45, 7) is 4.27. The number of hydrogen-bond acceptors (Lipinski definition) is 3. The van der Waals surface area contributed by atoms with Gasteiger partial charge in [0.1, 0.15) is 4.08 Å². The van der Waals surface area contributed by atoms with Crippen LogP contribution in [0.4, 0.5) is 5.69 Å². The van der Waals surface area contributed by atoms with Crippen LogP contribution in [-0.4, -0.2) is 11.5 Å². The molecule has 1 fully saturated rings. The molecule has 1 aliphatic rings. The summed E-state index contributed by atoms with van der Waals surface area (Å²) in [5.74, 6) is 2.39. The summed E-state index contributed by atoms with van der Waals surface area (Å²) in [5, 5.41) is 0. The maximum atomic E-state index is 6.06. The molecule has 0 unspecified atom stereocenters. The summed E-state index contributed by atoms with van der Waals surface area (Å²) >= 11 is 4.09. The van der Waals surface area contributed by atoms with E-state index in [9.17, 15) is 0 Å². The normalized spacial score (nSPS) is 17.3. The molecule has 0 amide bonds. The number of anilines is 1. The van der Waals surface area contributed by atoms with Gasteiger partial charge in [-0.1, -0.05) is 36.4 Å². The third-order valence-corrected chi connectivity index (χ3v) is 7.32. The zero-order chi connectivity index (χ0) is 14.2. The van der Waals surface area contributed by atoms with Crippen molar-refractivity contribution in [2.75, 3.05) is 17.2 Å². The van der Waals surface area contributed by atoms with Gasteiger partial charge in [0.2, 0.25) is 0 Å². The van der Waals surface area contributed by atoms with Crippen LogP contribution >= 0.6 is 23.5 Å². The molecule has 0 radical (unpaired) electrons. The molecule has 104 valence electrons. The predicted octanol–water partition coefficient (Wildman–Crippen LogP) is 4.57. The monoisotopic (exact) mass is 301 g/mol. The Labute approximate surface area is 129 Å². The molecule has 0 saturated carbocycles. The summed E-state index contributed by atoms with van der Waals surface area (Å²) in [4.78, 5) is 0. The average molecular weight is 301 g/mol. The number of nitrogen functional groups attached to an aromatic ring is 1. The van der Waals surface area contributed by atoms with Crippen molar-refractivity contribution in [3.05, 3.63) is 64.7 Å². The van der Waals surface area contributed by atoms with Crippen LogP contribution in [0.3, 0.4) is 0 Å². The predicted molar refractivity (Wildman–Crippen MR) is 92.5 cm³/mol. The van der Waals surface area contributed by atoms with Gasteiger partial charge in [-0.2, -0.15) is 0 Å². The van der Waals surface area contributed by atoms with Crippen LogP contribution in [0.15, 0.2) is 42.5 Å². The zero-order valence-corrected chi connectivity index (χ0v) is 13.5. The van der Waals surface area contributed by atoms with Gasteiger partial charge in [-0.15, -0.1) is 23.5 Å². The van der Waals surface area contributed by atoms with E-state index in [2.05, 4.69) is 56.3 Å². The van der Waals surface area contributed by atoms with Crippen molar-refractivity contribution in [1.82, 2.24) is 0 Å². The Kier molecular flexibility index (Phi) is 3.74. The fraction of sp³-hybridized carbons (Fsp3) is 0.294. The minimum atomic E-state index is 0.0316. The van der Waals surface area contributed by atoms with Gasteiger partial charge in [-0.05, 0) is 42.2 Å². The molecular formula is C17H19NS2. The Bertz CT molecular complexity index is 616. The van der Waals surface area contributed by atoms with Crippen LogP contribution in [0.25, 0.3) is 0 Å². The standard InChI is InChI=1S/C17H19NS2/c1-12-11-16(18)13(2)10-15(12)17(19-8-9-20-17)14-6-4-3-5-7-14/h3-7,10-11H,8-9,18H2,1-2H3. The van der Waals surface area contributed by atoms with Crippen LogP contribution in [0, 0.1) is 13.8 Å². The van der Waals surface area contributed by atoms with Crippen LogP contribution < -0.4 is 5.73 Å². The molecule has 0 atom stereocenters. The third-order valence-electron chi connectivity index (χ3n) is 3.82. The van der Waals surface area contributed by atoms with E-state index in [-0.39, 0.29) is 4.08 Å². The van der Waals surface area contributed by atoms with Crippen LogP contribution in [-0.2, 0) is 4.08 Å². The van der Waals surface area contributed by atoms with Crippen molar-refractivity contribution in [3.8, 4) is 0 Å². The second-order valence-electron chi connectivity index (χ2n) is 5.20. The van der Waals surface area contributed by atoms with Crippen LogP contribution in [0.1, 0.15) is 22.3 Å². The fourth-order valence-electron chi connectivity index (χ4n) is 2.74. The van der Waals surface area contributed by atoms with Gasteiger partial charge in [-0.3, -0.25) is 0 Å². The van der Waals surface area contributed by atoms with Crippen molar-refractivity contribution >= 4 is 29.2 Å². The first kappa shape index (κ1) is 13.9. The first-order valence-electron chi connectivity index (χ1n) is 6.84. The summed E-state index contributed by atoms with van der Waals surface area (Å²) in [6, 6.07) is 15.2. The van der Waals surface area contributed by atoms with Gasteiger partial charge >= 0.3 is 0 Å². The summed E-state index contributed by atoms with van der Waals surface area (Å²) in [6.07, 6.45) is 0. The van der Waals surface area contributed by atoms with E-state index in [4.69, 9.17) is 5.73 Å². The van der Waals surface area contributed by atoms with E-state index >= 15 is 0 Å². The highest BCUT2D eigenvalue weighted by molar-refractivity contribution is 8.20. The number of benzene rings is 2. The Morgan fingerprint density at radius 1 is 0.950 bits per heavy atom. The maximum Gasteiger partial charge on any atom is 0.112 e. The molecule has 0 aliphatic carbocycles. The molecule has 3 heteroatoms. The Hall–Kier alpha value is -1.06. The lowest BCUT2D eigenvalue weighted by Gasteiger charge is -2.30. The van der Waals surface area contributed by atoms with Gasteiger partial charge in [0.05, 0.1) is 0 Å². The van der Waals surface area contributed by atoms with Gasteiger partial charge in [-0.25, -0.2) is 0 Å². The zero-order valence-electron chi connectivity index (χ0n) is 11.8. The summed E-state index contributed by atoms with van der Waals surface area (Å²) < 4.78 is 0.0316. The Morgan fingerprint density at radius 2 is 1.60 bits per heavy atom. The van der Waals surface area contributed by atoms with Crippen molar-refractivity contribution in [3.63, 3.8) is 0 Å². The molecule has 0 aromatic heterocycles. The van der Waals surface area contributed by atoms with Crippen molar-refractivity contribution in [2.24, 2.45) is 0 Å². The van der Waals surface area contributed by atoms with Crippen LogP contribution in [0.5, 0.6) is 0 Å². The third kappa shape index (κ3) is 2.23. The fourth-order valence-corrected chi connectivity index (χ4v) is 6.17. The molecule has 1 nitrogen and oxygen atoms in total. The Morgan fingerprint density at radius 3 is 2.25 bits per heavy atom. The minimum Gasteiger partial charge on any atom is -0.399 e. The molecule has 3 rings (SSSR count). The van der Waals surface area contributed by atoms with E-state index in [1.807, 2.05) is 23.5 Å². The number of thioether (sulfide) groups is 2. The highest BCUT2D eigenvalue weighted by atomic mass is 32.2. The second-order valence-corrected chi connectivity index (χ2v) is 8.08. The molecule has 2 N–H and O–H groups in total. The van der Waals surface area contributed by atoms with Gasteiger partial charge in [0.25, 0.3) is 0 Å². The highest BCUT2D eigenvalue weighted by Crippen LogP contribution is 2.57. The first-order valence-corrected chi connectivity index (χ1v) is 8.81. The van der Waals surface area contributed by atoms with Crippen molar-refractivity contribution in [1.29, 1.82) is 0 Å². The number of nitrogens with two attached hydrogens (primary N) is 1. The number of hydrogen-bond donors (Lipinski definition) is 1. The summed E-state index contributed by atoms with van der Waals surface area (Å²) in [7, 11) is 0. The smallest absolute Gasteiger partial charge is 0.112 e. The molecule has 2 aromatic carbocycles. The lowest BCUT2D eigenvalue weighted by molar-refractivity contribution is 1.05. The number of rotatable bonds is 2. The minimum absolute atomic E-state index is 0.0316. The molecule has 1 aliphatic heterocycles. The Balaban J connectivity index is 2.20. The van der Waals surface area contributed by atoms with Gasteiger partial charge < -0.3 is 5.73 Å². The maximum absolute atomic E-state index is 6.06. The lowest BCUT2D eigenvalue weighted by Crippen LogP contribution is -2.18. The number of aryl methyl sites for hydroxylation is 2. The van der Waals surface area contributed by atoms with E-state index in [0.29, 0.717) is 0 Å². The first-order chi connectivity index (χ1) is 9.63. The molecule has 1 heterocycles. The van der Waals surface area contributed by atoms with Crippen LogP contribution in [0.2, 0.25) is 0 Å². The van der Waals surface area contributed by atoms with E-state index in [1.54, 1.807) is 0 Å². The lowest BCUT2D eigenvalue weighted by atomic mass is 9.96. The van der Waals surface area contributed by atoms with Crippen molar-refractivity contribution in [2.45, 2.75) is 17.9 Å². The molecule has 0 spiro atoms. The average Bonchev–Trinajstić information content (AvgIpc) is 2.94. The topological polar surface area (TPSA) is 26.0 Å². The molecular weight excluding hydrogens is 282 g/mol. The van der Waals surface area contributed by atoms with Gasteiger partial charge in [0, 0.05) is 17.2 Å². The van der Waals surface area contributed by atoms with Crippen molar-refractivity contribution < 1.29 is 0 Å². The molecule has 1 saturated heterocycles. The second kappa shape index (κ2) is 5.38. The van der Waals surface area contributed by atoms with E-state index in [0.717, 1.165) is 5.69 Å². The summed E-state index contributed by atoms with van der Waals surface area (Å²) in [5.41, 5.74) is 12.2. The molecule has 0 bridgehead atoms. The molecule has 20 heavy (non-hydrogen) atoms. The van der Waals surface area contributed by atoms with Gasteiger partial charge in [0.15, 0.2) is 0 Å². The molecule has 2 aromatic rings. The van der Waals surface area contributed by atoms with E-state index < -0.39 is 0 Å². The largest absolute Gasteiger partial charge is 0.399 e. The highest BCUT2D eigenvalue weighted by Gasteiger charge is 2.40. The SMILES string of the molecule is Cc1cc(C2(c3ccccc3)SCCS2)c(C)cc1N.